The highest BCUT2D eigenvalue weighted by Crippen LogP contribution is 2.18. The number of ether oxygens (including phenoxy) is 1. The van der Waals surface area contributed by atoms with E-state index >= 15 is 0 Å². The highest BCUT2D eigenvalue weighted by molar-refractivity contribution is 6.02. The fraction of sp³-hybridized carbons (Fsp3) is 0.217. The number of hydrogen-bond acceptors (Lipinski definition) is 7. The molecule has 9 heteroatoms. The third-order valence-electron chi connectivity index (χ3n) is 5.22. The van der Waals surface area contributed by atoms with Crippen LogP contribution in [-0.2, 0) is 14.3 Å². The molecule has 9 nitrogen and oxygen atoms in total. The molecule has 0 aliphatic heterocycles. The number of carbonyl (C=O) groups is 3. The van der Waals surface area contributed by atoms with E-state index in [1.165, 1.54) is 6.07 Å². The zero-order valence-corrected chi connectivity index (χ0v) is 17.4. The predicted molar refractivity (Wildman–Crippen MR) is 117 cm³/mol. The van der Waals surface area contributed by atoms with E-state index in [1.54, 1.807) is 49.4 Å². The van der Waals surface area contributed by atoms with Crippen LogP contribution in [0.25, 0.3) is 27.3 Å². The van der Waals surface area contributed by atoms with Crippen LogP contribution in [0.3, 0.4) is 0 Å². The van der Waals surface area contributed by atoms with Crippen molar-refractivity contribution in [1.29, 1.82) is 0 Å². The summed E-state index contributed by atoms with van der Waals surface area (Å²) in [5.74, 6) is -3.72. The molecule has 0 spiro atoms. The highest BCUT2D eigenvalue weighted by Gasteiger charge is 2.30. The second-order valence-electron chi connectivity index (χ2n) is 7.25. The Kier molecular flexibility index (Phi) is 5.40. The van der Waals surface area contributed by atoms with Crippen LogP contribution < -0.4 is 11.1 Å². The molecule has 0 bridgehead atoms. The molecular weight excluding hydrogens is 414 g/mol. The summed E-state index contributed by atoms with van der Waals surface area (Å²) in [6.07, 6.45) is -0.624. The van der Waals surface area contributed by atoms with Gasteiger partial charge in [0.25, 0.3) is 11.1 Å². The summed E-state index contributed by atoms with van der Waals surface area (Å²) >= 11 is 0. The highest BCUT2D eigenvalue weighted by atomic mass is 16.5. The van der Waals surface area contributed by atoms with E-state index in [9.17, 15) is 24.0 Å². The Morgan fingerprint density at radius 1 is 0.938 bits per heavy atom. The van der Waals surface area contributed by atoms with Gasteiger partial charge in [-0.25, -0.2) is 4.98 Å². The Hall–Kier alpha value is -4.14. The van der Waals surface area contributed by atoms with E-state index in [-0.39, 0.29) is 23.0 Å². The summed E-state index contributed by atoms with van der Waals surface area (Å²) in [7, 11) is 0. The fourth-order valence-electron chi connectivity index (χ4n) is 3.67. The van der Waals surface area contributed by atoms with Gasteiger partial charge in [0.05, 0.1) is 22.9 Å². The molecule has 0 radical (unpaired) electrons. The second kappa shape index (κ2) is 8.18. The van der Waals surface area contributed by atoms with Crippen molar-refractivity contribution in [2.75, 3.05) is 6.61 Å². The number of aromatic nitrogens is 3. The van der Waals surface area contributed by atoms with Crippen LogP contribution >= 0.6 is 0 Å². The van der Waals surface area contributed by atoms with Gasteiger partial charge < -0.3 is 4.74 Å². The van der Waals surface area contributed by atoms with E-state index in [0.29, 0.717) is 15.6 Å². The maximum atomic E-state index is 13.3. The summed E-state index contributed by atoms with van der Waals surface area (Å²) in [6, 6.07) is 13.1. The number of esters is 1. The lowest BCUT2D eigenvalue weighted by Crippen LogP contribution is -2.40. The molecular formula is C23H19N3O6. The zero-order chi connectivity index (χ0) is 23.0. The van der Waals surface area contributed by atoms with E-state index < -0.39 is 41.1 Å². The molecule has 0 aliphatic carbocycles. The minimum absolute atomic E-state index is 0.0328. The van der Waals surface area contributed by atoms with Crippen LogP contribution in [0.1, 0.15) is 25.1 Å². The second-order valence-corrected chi connectivity index (χ2v) is 7.25. The van der Waals surface area contributed by atoms with Gasteiger partial charge in [-0.05, 0) is 32.0 Å². The predicted octanol–water partition coefficient (Wildman–Crippen LogP) is 1.96. The van der Waals surface area contributed by atoms with E-state index in [1.807, 2.05) is 0 Å². The van der Waals surface area contributed by atoms with E-state index in [0.717, 1.165) is 11.4 Å². The molecule has 1 atom stereocenters. The minimum Gasteiger partial charge on any atom is -0.465 e. The van der Waals surface area contributed by atoms with Gasteiger partial charge >= 0.3 is 5.97 Å². The van der Waals surface area contributed by atoms with Crippen LogP contribution in [0.15, 0.2) is 58.1 Å². The molecule has 0 fully saturated rings. The fourth-order valence-corrected chi connectivity index (χ4v) is 3.67. The quantitative estimate of drug-likeness (QED) is 0.204. The molecule has 4 rings (SSSR count). The molecule has 0 saturated carbocycles. The molecule has 0 N–H and O–H groups in total. The van der Waals surface area contributed by atoms with Gasteiger partial charge in [0.15, 0.2) is 5.65 Å². The van der Waals surface area contributed by atoms with E-state index in [4.69, 9.17) is 4.74 Å². The van der Waals surface area contributed by atoms with Gasteiger partial charge in [-0.15, -0.1) is 0 Å². The van der Waals surface area contributed by atoms with Crippen molar-refractivity contribution in [2.45, 2.75) is 20.3 Å². The van der Waals surface area contributed by atoms with Crippen LogP contribution in [-0.4, -0.2) is 38.4 Å². The molecule has 0 aliphatic rings. The number of hydrogen-bond donors (Lipinski definition) is 0. The minimum atomic E-state index is -1.39. The first-order chi connectivity index (χ1) is 15.3. The van der Waals surface area contributed by atoms with Crippen LogP contribution in [0.2, 0.25) is 0 Å². The molecule has 0 amide bonds. The molecule has 1 unspecified atom stereocenters. The number of rotatable bonds is 5. The first-order valence-electron chi connectivity index (χ1n) is 10.0. The normalized spacial score (nSPS) is 12.2. The van der Waals surface area contributed by atoms with Gasteiger partial charge in [0, 0.05) is 11.8 Å². The molecule has 2 aromatic heterocycles. The number of Topliss-reactive ketones (excluding diaryl/α,β-unsaturated/α-hetero) is 1. The van der Waals surface area contributed by atoms with Crippen molar-refractivity contribution in [1.82, 2.24) is 14.2 Å². The molecule has 162 valence electrons. The summed E-state index contributed by atoms with van der Waals surface area (Å²) in [4.78, 5) is 68.6. The Bertz CT molecular complexity index is 1530. The molecule has 0 saturated heterocycles. The number of carbonyl (C=O) groups excluding carboxylic acids is 3. The van der Waals surface area contributed by atoms with Crippen molar-refractivity contribution in [3.8, 4) is 0 Å². The smallest absolute Gasteiger partial charge is 0.316 e. The number of nitrogens with zero attached hydrogens (tertiary/aromatic N) is 3. The van der Waals surface area contributed by atoms with Crippen molar-refractivity contribution >= 4 is 45.0 Å². The van der Waals surface area contributed by atoms with Crippen LogP contribution in [0.4, 0.5) is 0 Å². The maximum Gasteiger partial charge on any atom is 0.316 e. The first kappa shape index (κ1) is 21.1. The Morgan fingerprint density at radius 3 is 2.22 bits per heavy atom. The lowest BCUT2D eigenvalue weighted by molar-refractivity contribution is -0.151. The number of benzene rings is 2. The van der Waals surface area contributed by atoms with E-state index in [2.05, 4.69) is 4.98 Å². The standard InChI is InChI=1S/C23H19N3O6/c1-3-32-23(31)17(13(2)27)12-19(28)25-21(29)15-9-5-4-8-14(15)20-24-18-11-7-6-10-16(18)22(30)26(20)25/h4-11,17H,3,12H2,1-2H3. The topological polar surface area (TPSA) is 117 Å². The first-order valence-corrected chi connectivity index (χ1v) is 10.0. The van der Waals surface area contributed by atoms with Crippen molar-refractivity contribution in [3.05, 3.63) is 69.2 Å². The summed E-state index contributed by atoms with van der Waals surface area (Å²) in [5.41, 5.74) is -0.832. The number of para-hydroxylation sites is 1. The zero-order valence-electron chi connectivity index (χ0n) is 17.4. The van der Waals surface area contributed by atoms with Gasteiger partial charge in [0.1, 0.15) is 11.7 Å². The summed E-state index contributed by atoms with van der Waals surface area (Å²) in [6.45, 7) is 2.77. The Morgan fingerprint density at radius 2 is 1.56 bits per heavy atom. The van der Waals surface area contributed by atoms with Crippen LogP contribution in [0.5, 0.6) is 0 Å². The van der Waals surface area contributed by atoms with Gasteiger partial charge in [0.2, 0.25) is 5.91 Å². The van der Waals surface area contributed by atoms with Crippen molar-refractivity contribution in [2.24, 2.45) is 5.92 Å². The summed E-state index contributed by atoms with van der Waals surface area (Å²) < 4.78 is 6.47. The summed E-state index contributed by atoms with van der Waals surface area (Å²) in [5, 5.41) is 0.797. The SMILES string of the molecule is CCOC(=O)C(CC(=O)n1c(=O)c2ccccc2c2nc3ccccc3c(=O)n21)C(C)=O. The lowest BCUT2D eigenvalue weighted by atomic mass is 10.0. The lowest BCUT2D eigenvalue weighted by Gasteiger charge is -2.16. The molecule has 2 heterocycles. The Balaban J connectivity index is 2.04. The monoisotopic (exact) mass is 433 g/mol. The average Bonchev–Trinajstić information content (AvgIpc) is 2.78. The maximum absolute atomic E-state index is 13.3. The van der Waals surface area contributed by atoms with Gasteiger partial charge in [-0.1, -0.05) is 30.3 Å². The van der Waals surface area contributed by atoms with Crippen LogP contribution in [0, 0.1) is 5.92 Å². The number of fused-ring (bicyclic) bond motifs is 4. The third kappa shape index (κ3) is 3.37. The molecule has 4 aromatic rings. The van der Waals surface area contributed by atoms with Gasteiger partial charge in [-0.3, -0.25) is 24.0 Å². The number of ketones is 1. The van der Waals surface area contributed by atoms with Gasteiger partial charge in [-0.2, -0.15) is 9.20 Å². The van der Waals surface area contributed by atoms with Crippen molar-refractivity contribution in [3.63, 3.8) is 0 Å². The molecule has 2 aromatic carbocycles. The molecule has 32 heavy (non-hydrogen) atoms. The average molecular weight is 433 g/mol. The largest absolute Gasteiger partial charge is 0.465 e. The third-order valence-corrected chi connectivity index (χ3v) is 5.22. The van der Waals surface area contributed by atoms with Crippen molar-refractivity contribution < 1.29 is 19.1 Å². The Labute approximate surface area is 180 Å².